The Hall–Kier alpha value is -3.15. The number of halogens is 1. The van der Waals surface area contributed by atoms with Gasteiger partial charge >= 0.3 is 0 Å². The van der Waals surface area contributed by atoms with E-state index in [1.165, 1.54) is 30.5 Å². The number of fused-ring (bicyclic) bond motifs is 1. The molecule has 4 rings (SSSR count). The van der Waals surface area contributed by atoms with Crippen LogP contribution in [0.1, 0.15) is 24.7 Å². The summed E-state index contributed by atoms with van der Waals surface area (Å²) in [6.07, 6.45) is 8.43. The van der Waals surface area contributed by atoms with Gasteiger partial charge in [-0.1, -0.05) is 12.1 Å². The summed E-state index contributed by atoms with van der Waals surface area (Å²) in [4.78, 5) is 22.4. The van der Waals surface area contributed by atoms with Crippen LogP contribution in [0.2, 0.25) is 0 Å². The van der Waals surface area contributed by atoms with Crippen LogP contribution in [0.4, 0.5) is 10.1 Å². The predicted molar refractivity (Wildman–Crippen MR) is 100 cm³/mol. The number of carbonyl (C=O) groups excluding carboxylic acids is 1. The van der Waals surface area contributed by atoms with Crippen molar-refractivity contribution in [2.45, 2.75) is 26.2 Å². The van der Waals surface area contributed by atoms with E-state index in [-0.39, 0.29) is 1.43 Å². The van der Waals surface area contributed by atoms with Gasteiger partial charge in [-0.05, 0) is 55.5 Å². The van der Waals surface area contributed by atoms with Gasteiger partial charge < -0.3 is 5.32 Å². The Labute approximate surface area is 152 Å². The highest BCUT2D eigenvalue weighted by Gasteiger charge is 2.09. The Balaban J connectivity index is 0.000000220. The third-order valence-corrected chi connectivity index (χ3v) is 4.17. The number of nitrogens with one attached hydrogen (secondary N) is 1. The molecule has 1 aliphatic rings. The first-order valence-electron chi connectivity index (χ1n) is 8.39. The molecule has 1 aliphatic carbocycles. The minimum atomic E-state index is -0.478. The average molecular weight is 352 g/mol. The smallest absolute Gasteiger partial charge is 0.211 e. The Morgan fingerprint density at radius 1 is 1.15 bits per heavy atom. The predicted octanol–water partition coefficient (Wildman–Crippen LogP) is 3.98. The number of nitrogens with zero attached hydrogens (tertiary/aromatic N) is 3. The number of hydrogen-bond donors (Lipinski definition) is 1. The fourth-order valence-corrected chi connectivity index (χ4v) is 2.84. The van der Waals surface area contributed by atoms with Crippen LogP contribution in [0.3, 0.4) is 0 Å². The van der Waals surface area contributed by atoms with Crippen LogP contribution in [0.25, 0.3) is 11.4 Å². The SMILES string of the molecule is Cc1ccc(NC=O)cc1-c1ncc(F)cn1.[HH].c1cnc2c(c1)CCC2. The van der Waals surface area contributed by atoms with Crippen molar-refractivity contribution < 1.29 is 10.6 Å². The van der Waals surface area contributed by atoms with Crippen molar-refractivity contribution in [3.05, 3.63) is 71.6 Å². The van der Waals surface area contributed by atoms with Gasteiger partial charge in [-0.25, -0.2) is 14.4 Å². The number of anilines is 1. The third kappa shape index (κ3) is 4.27. The van der Waals surface area contributed by atoms with Crippen molar-refractivity contribution in [2.24, 2.45) is 0 Å². The molecule has 0 radical (unpaired) electrons. The van der Waals surface area contributed by atoms with Crippen molar-refractivity contribution in [1.29, 1.82) is 0 Å². The first kappa shape index (κ1) is 17.7. The van der Waals surface area contributed by atoms with Gasteiger partial charge in [0.1, 0.15) is 0 Å². The molecule has 0 saturated heterocycles. The monoisotopic (exact) mass is 352 g/mol. The second-order valence-electron chi connectivity index (χ2n) is 5.98. The molecule has 0 atom stereocenters. The lowest BCUT2D eigenvalue weighted by Crippen LogP contribution is -1.97. The fourth-order valence-electron chi connectivity index (χ4n) is 2.84. The average Bonchev–Trinajstić information content (AvgIpc) is 3.14. The van der Waals surface area contributed by atoms with E-state index in [4.69, 9.17) is 0 Å². The molecule has 0 bridgehead atoms. The Morgan fingerprint density at radius 3 is 2.69 bits per heavy atom. The van der Waals surface area contributed by atoms with Crippen LogP contribution in [0.15, 0.2) is 48.9 Å². The van der Waals surface area contributed by atoms with E-state index < -0.39 is 5.82 Å². The van der Waals surface area contributed by atoms with Gasteiger partial charge in [0.05, 0.1) is 12.4 Å². The lowest BCUT2D eigenvalue weighted by atomic mass is 10.1. The fraction of sp³-hybridized carbons (Fsp3) is 0.200. The first-order valence-corrected chi connectivity index (χ1v) is 8.39. The molecular weight excluding hydrogens is 331 g/mol. The first-order chi connectivity index (χ1) is 12.7. The highest BCUT2D eigenvalue weighted by atomic mass is 19.1. The van der Waals surface area contributed by atoms with Gasteiger partial charge in [0.2, 0.25) is 6.41 Å². The molecule has 1 N–H and O–H groups in total. The molecular formula is C20H21FN4O. The minimum absolute atomic E-state index is 0. The maximum atomic E-state index is 12.7. The van der Waals surface area contributed by atoms with E-state index in [0.29, 0.717) is 17.9 Å². The summed E-state index contributed by atoms with van der Waals surface area (Å²) >= 11 is 0. The van der Waals surface area contributed by atoms with Gasteiger partial charge in [0, 0.05) is 24.6 Å². The Morgan fingerprint density at radius 2 is 1.96 bits per heavy atom. The quantitative estimate of drug-likeness (QED) is 0.724. The standard InChI is InChI=1S/C12H10FN3O.C8H9N.H2/c1-8-2-3-10(16-7-17)4-11(8)12-14-5-9(13)6-15-12;1-3-7-4-2-6-9-8(7)5-1;/h2-7H,1H3,(H,16,17);2,4,6H,1,3,5H2;1H. The lowest BCUT2D eigenvalue weighted by molar-refractivity contribution is -0.105. The van der Waals surface area contributed by atoms with Gasteiger partial charge in [-0.3, -0.25) is 9.78 Å². The van der Waals surface area contributed by atoms with Crippen LogP contribution in [0, 0.1) is 12.7 Å². The number of benzene rings is 1. The zero-order chi connectivity index (χ0) is 18.4. The normalized spacial score (nSPS) is 11.9. The summed E-state index contributed by atoms with van der Waals surface area (Å²) in [6, 6.07) is 9.56. The number of aryl methyl sites for hydroxylation is 3. The van der Waals surface area contributed by atoms with Crippen LogP contribution >= 0.6 is 0 Å². The number of amides is 1. The zero-order valence-corrected chi connectivity index (χ0v) is 14.4. The van der Waals surface area contributed by atoms with Crippen molar-refractivity contribution in [1.82, 2.24) is 15.0 Å². The topological polar surface area (TPSA) is 67.8 Å². The largest absolute Gasteiger partial charge is 0.329 e. The summed E-state index contributed by atoms with van der Waals surface area (Å²) in [5.41, 5.74) is 5.13. The van der Waals surface area contributed by atoms with E-state index in [0.717, 1.165) is 23.5 Å². The summed E-state index contributed by atoms with van der Waals surface area (Å²) in [5.74, 6) is -0.0491. The summed E-state index contributed by atoms with van der Waals surface area (Å²) in [5, 5.41) is 2.55. The highest BCUT2D eigenvalue weighted by Crippen LogP contribution is 2.23. The second kappa shape index (κ2) is 8.29. The Bertz CT molecular complexity index is 880. The van der Waals surface area contributed by atoms with Crippen molar-refractivity contribution >= 4 is 12.1 Å². The van der Waals surface area contributed by atoms with Crippen LogP contribution in [0.5, 0.6) is 0 Å². The molecule has 0 spiro atoms. The lowest BCUT2D eigenvalue weighted by Gasteiger charge is -2.06. The maximum absolute atomic E-state index is 12.7. The van der Waals surface area contributed by atoms with Gasteiger partial charge in [0.25, 0.3) is 0 Å². The van der Waals surface area contributed by atoms with Crippen LogP contribution in [-0.4, -0.2) is 21.4 Å². The van der Waals surface area contributed by atoms with Gasteiger partial charge in [0.15, 0.2) is 11.6 Å². The summed E-state index contributed by atoms with van der Waals surface area (Å²) in [6.45, 7) is 1.90. The molecule has 6 heteroatoms. The van der Waals surface area contributed by atoms with E-state index in [1.54, 1.807) is 12.1 Å². The molecule has 3 aromatic rings. The van der Waals surface area contributed by atoms with Gasteiger partial charge in [-0.2, -0.15) is 0 Å². The molecule has 2 heterocycles. The molecule has 0 saturated carbocycles. The van der Waals surface area contributed by atoms with Crippen molar-refractivity contribution in [3.63, 3.8) is 0 Å². The molecule has 26 heavy (non-hydrogen) atoms. The van der Waals surface area contributed by atoms with E-state index >= 15 is 0 Å². The van der Waals surface area contributed by atoms with Crippen LogP contribution in [-0.2, 0) is 17.6 Å². The summed E-state index contributed by atoms with van der Waals surface area (Å²) < 4.78 is 12.7. The Kier molecular flexibility index (Phi) is 5.63. The zero-order valence-electron chi connectivity index (χ0n) is 14.4. The molecule has 0 unspecified atom stereocenters. The number of aromatic nitrogens is 3. The molecule has 1 amide bonds. The molecule has 134 valence electrons. The molecule has 2 aromatic heterocycles. The van der Waals surface area contributed by atoms with E-state index in [9.17, 15) is 9.18 Å². The molecule has 5 nitrogen and oxygen atoms in total. The number of pyridine rings is 1. The number of rotatable bonds is 3. The van der Waals surface area contributed by atoms with E-state index in [1.807, 2.05) is 25.3 Å². The van der Waals surface area contributed by atoms with Crippen molar-refractivity contribution in [2.75, 3.05) is 5.32 Å². The highest BCUT2D eigenvalue weighted by molar-refractivity contribution is 5.75. The number of carbonyl (C=O) groups is 1. The summed E-state index contributed by atoms with van der Waals surface area (Å²) in [7, 11) is 0. The second-order valence-corrected chi connectivity index (χ2v) is 5.98. The van der Waals surface area contributed by atoms with E-state index in [2.05, 4.69) is 26.3 Å². The molecule has 0 aliphatic heterocycles. The molecule has 1 aromatic carbocycles. The van der Waals surface area contributed by atoms with Gasteiger partial charge in [-0.15, -0.1) is 0 Å². The van der Waals surface area contributed by atoms with Crippen molar-refractivity contribution in [3.8, 4) is 11.4 Å². The maximum Gasteiger partial charge on any atom is 0.211 e. The third-order valence-electron chi connectivity index (χ3n) is 4.17. The molecule has 0 fully saturated rings. The minimum Gasteiger partial charge on any atom is -0.329 e. The van der Waals surface area contributed by atoms with Crippen LogP contribution < -0.4 is 5.32 Å². The number of hydrogen-bond acceptors (Lipinski definition) is 4.